The van der Waals surface area contributed by atoms with Crippen LogP contribution in [0.4, 0.5) is 0 Å². The van der Waals surface area contributed by atoms with Gasteiger partial charge in [0.1, 0.15) is 17.4 Å². The Bertz CT molecular complexity index is 1010. The van der Waals surface area contributed by atoms with Crippen LogP contribution in [0, 0.1) is 25.2 Å². The maximum absolute atomic E-state index is 12.5. The van der Waals surface area contributed by atoms with E-state index in [1.807, 2.05) is 26.0 Å². The molecule has 0 radical (unpaired) electrons. The fourth-order valence-electron chi connectivity index (χ4n) is 3.64. The van der Waals surface area contributed by atoms with Crippen LogP contribution in [0.5, 0.6) is 17.2 Å². The summed E-state index contributed by atoms with van der Waals surface area (Å²) < 4.78 is 23.8. The Balaban J connectivity index is 1.52. The lowest BCUT2D eigenvalue weighted by Gasteiger charge is -2.14. The summed E-state index contributed by atoms with van der Waals surface area (Å²) in [6.07, 6.45) is 3.92. The molecule has 2 aromatic rings. The Morgan fingerprint density at radius 3 is 2.90 bits per heavy atom. The molecule has 0 spiro atoms. The molecule has 0 amide bonds. The number of carbonyl (C=O) groups is 1. The predicted octanol–water partition coefficient (Wildman–Crippen LogP) is 3.53. The van der Waals surface area contributed by atoms with Crippen LogP contribution < -0.4 is 14.2 Å². The summed E-state index contributed by atoms with van der Waals surface area (Å²) in [5, 5.41) is 9.50. The molecular formula is C22H22N2O5. The monoisotopic (exact) mass is 394 g/mol. The third-order valence-corrected chi connectivity index (χ3v) is 5.22. The highest BCUT2D eigenvalue weighted by Gasteiger charge is 2.20. The fraction of sp³-hybridized carbons (Fsp3) is 0.364. The SMILES string of the molecule is Cc1cc(/C=C(\C#N)C(=O)Oc2ccc3c(c2)OCO3)c(C)n1C[C@H]1CCCO1. The Hall–Kier alpha value is -3.24. The number of aryl methyl sites for hydroxylation is 1. The van der Waals surface area contributed by atoms with Crippen molar-refractivity contribution in [2.45, 2.75) is 39.3 Å². The maximum atomic E-state index is 12.5. The molecule has 1 aromatic carbocycles. The van der Waals surface area contributed by atoms with Gasteiger partial charge in [-0.15, -0.1) is 0 Å². The number of aromatic nitrogens is 1. The van der Waals surface area contributed by atoms with Gasteiger partial charge < -0.3 is 23.5 Å². The van der Waals surface area contributed by atoms with Crippen molar-refractivity contribution in [1.82, 2.24) is 4.57 Å². The summed E-state index contributed by atoms with van der Waals surface area (Å²) in [5.41, 5.74) is 2.80. The first-order valence-electron chi connectivity index (χ1n) is 9.57. The Kier molecular flexibility index (Phi) is 5.28. The second kappa shape index (κ2) is 8.02. The Labute approximate surface area is 169 Å². The average Bonchev–Trinajstić information content (AvgIpc) is 3.44. The second-order valence-corrected chi connectivity index (χ2v) is 7.15. The molecule has 150 valence electrons. The van der Waals surface area contributed by atoms with Crippen molar-refractivity contribution in [3.63, 3.8) is 0 Å². The molecule has 2 aliphatic rings. The molecule has 4 rings (SSSR count). The second-order valence-electron chi connectivity index (χ2n) is 7.15. The molecule has 2 aliphatic heterocycles. The number of hydrogen-bond acceptors (Lipinski definition) is 6. The zero-order chi connectivity index (χ0) is 20.4. The van der Waals surface area contributed by atoms with Gasteiger partial charge in [-0.2, -0.15) is 5.26 Å². The first-order chi connectivity index (χ1) is 14.0. The maximum Gasteiger partial charge on any atom is 0.354 e. The van der Waals surface area contributed by atoms with Gasteiger partial charge in [-0.3, -0.25) is 0 Å². The summed E-state index contributed by atoms with van der Waals surface area (Å²) in [5.74, 6) is 0.689. The van der Waals surface area contributed by atoms with Gasteiger partial charge in [-0.1, -0.05) is 0 Å². The first kappa shape index (κ1) is 19.1. The highest BCUT2D eigenvalue weighted by molar-refractivity contribution is 5.99. The molecule has 3 heterocycles. The van der Waals surface area contributed by atoms with E-state index in [2.05, 4.69) is 4.57 Å². The number of rotatable bonds is 5. The Morgan fingerprint density at radius 1 is 1.31 bits per heavy atom. The molecule has 1 aromatic heterocycles. The molecule has 0 aliphatic carbocycles. The van der Waals surface area contributed by atoms with Crippen molar-refractivity contribution in [1.29, 1.82) is 5.26 Å². The molecule has 1 fully saturated rings. The van der Waals surface area contributed by atoms with Gasteiger partial charge in [0, 0.05) is 30.6 Å². The number of nitrogens with zero attached hydrogens (tertiary/aromatic N) is 2. The van der Waals surface area contributed by atoms with Crippen LogP contribution in [-0.4, -0.2) is 30.0 Å². The van der Waals surface area contributed by atoms with E-state index in [1.54, 1.807) is 24.3 Å². The zero-order valence-electron chi connectivity index (χ0n) is 16.4. The summed E-state index contributed by atoms with van der Waals surface area (Å²) in [6.45, 7) is 5.70. The van der Waals surface area contributed by atoms with Crippen LogP contribution in [0.2, 0.25) is 0 Å². The third-order valence-electron chi connectivity index (χ3n) is 5.22. The van der Waals surface area contributed by atoms with Crippen LogP contribution in [0.25, 0.3) is 6.08 Å². The van der Waals surface area contributed by atoms with Crippen molar-refractivity contribution in [3.05, 3.63) is 46.8 Å². The number of hydrogen-bond donors (Lipinski definition) is 0. The number of nitriles is 1. The topological polar surface area (TPSA) is 82.7 Å². The molecule has 0 saturated carbocycles. The molecule has 7 nitrogen and oxygen atoms in total. The summed E-state index contributed by atoms with van der Waals surface area (Å²) in [6, 6.07) is 8.76. The minimum Gasteiger partial charge on any atom is -0.454 e. The summed E-state index contributed by atoms with van der Waals surface area (Å²) in [7, 11) is 0. The van der Waals surface area contributed by atoms with E-state index >= 15 is 0 Å². The molecule has 1 atom stereocenters. The van der Waals surface area contributed by atoms with Gasteiger partial charge in [-0.25, -0.2) is 4.79 Å². The quantitative estimate of drug-likeness (QED) is 0.334. The van der Waals surface area contributed by atoms with Crippen molar-refractivity contribution in [3.8, 4) is 23.3 Å². The number of carbonyl (C=O) groups excluding carboxylic acids is 1. The average molecular weight is 394 g/mol. The molecule has 0 unspecified atom stereocenters. The van der Waals surface area contributed by atoms with E-state index in [1.165, 1.54) is 0 Å². The van der Waals surface area contributed by atoms with Gasteiger partial charge in [0.15, 0.2) is 11.5 Å². The lowest BCUT2D eigenvalue weighted by molar-refractivity contribution is -0.129. The minimum absolute atomic E-state index is 0.0694. The van der Waals surface area contributed by atoms with Gasteiger partial charge >= 0.3 is 5.97 Å². The van der Waals surface area contributed by atoms with Crippen molar-refractivity contribution < 1.29 is 23.7 Å². The molecule has 29 heavy (non-hydrogen) atoms. The van der Waals surface area contributed by atoms with E-state index in [9.17, 15) is 10.1 Å². The molecule has 7 heteroatoms. The molecule has 0 bridgehead atoms. The highest BCUT2D eigenvalue weighted by Crippen LogP contribution is 2.35. The van der Waals surface area contributed by atoms with Crippen LogP contribution >= 0.6 is 0 Å². The van der Waals surface area contributed by atoms with Crippen LogP contribution in [-0.2, 0) is 16.1 Å². The van der Waals surface area contributed by atoms with E-state index in [0.29, 0.717) is 17.2 Å². The standard InChI is InChI=1S/C22H22N2O5/c1-14-8-16(15(2)24(14)12-19-4-3-7-26-19)9-17(11-23)22(25)29-18-5-6-20-21(10-18)28-13-27-20/h5-6,8-10,19H,3-4,7,12-13H2,1-2H3/b17-9+/t19-/m1/s1. The van der Waals surface area contributed by atoms with Crippen LogP contribution in [0.1, 0.15) is 29.8 Å². The van der Waals surface area contributed by atoms with Gasteiger partial charge in [0.2, 0.25) is 6.79 Å². The van der Waals surface area contributed by atoms with Crippen molar-refractivity contribution in [2.24, 2.45) is 0 Å². The lowest BCUT2D eigenvalue weighted by Crippen LogP contribution is -2.16. The van der Waals surface area contributed by atoms with Crippen LogP contribution in [0.3, 0.4) is 0 Å². The van der Waals surface area contributed by atoms with Crippen LogP contribution in [0.15, 0.2) is 29.8 Å². The van der Waals surface area contributed by atoms with Gasteiger partial charge in [0.05, 0.1) is 6.10 Å². The van der Waals surface area contributed by atoms with Gasteiger partial charge in [0.25, 0.3) is 0 Å². The van der Waals surface area contributed by atoms with E-state index in [0.717, 1.165) is 42.9 Å². The normalized spacial score (nSPS) is 18.0. The van der Waals surface area contributed by atoms with Crippen molar-refractivity contribution >= 4 is 12.0 Å². The van der Waals surface area contributed by atoms with E-state index in [-0.39, 0.29) is 18.5 Å². The van der Waals surface area contributed by atoms with Gasteiger partial charge in [-0.05, 0) is 56.5 Å². The zero-order valence-corrected chi connectivity index (χ0v) is 16.4. The smallest absolute Gasteiger partial charge is 0.354 e. The number of benzene rings is 1. The van der Waals surface area contributed by atoms with E-state index < -0.39 is 5.97 Å². The Morgan fingerprint density at radius 2 is 2.14 bits per heavy atom. The summed E-state index contributed by atoms with van der Waals surface area (Å²) >= 11 is 0. The van der Waals surface area contributed by atoms with E-state index in [4.69, 9.17) is 18.9 Å². The highest BCUT2D eigenvalue weighted by atomic mass is 16.7. The number of fused-ring (bicyclic) bond motifs is 1. The molecule has 1 saturated heterocycles. The molecular weight excluding hydrogens is 372 g/mol. The third kappa shape index (κ3) is 3.98. The lowest BCUT2D eigenvalue weighted by atomic mass is 10.1. The molecule has 0 N–H and O–H groups in total. The first-order valence-corrected chi connectivity index (χ1v) is 9.57. The van der Waals surface area contributed by atoms with Crippen molar-refractivity contribution in [2.75, 3.05) is 13.4 Å². The largest absolute Gasteiger partial charge is 0.454 e. The minimum atomic E-state index is -0.713. The fourth-order valence-corrected chi connectivity index (χ4v) is 3.64. The number of ether oxygens (including phenoxy) is 4. The number of esters is 1. The summed E-state index contributed by atoms with van der Waals surface area (Å²) in [4.78, 5) is 12.5. The predicted molar refractivity (Wildman–Crippen MR) is 105 cm³/mol.